The van der Waals surface area contributed by atoms with Crippen LogP contribution in [0.25, 0.3) is 11.1 Å². The Kier molecular flexibility index (Phi) is 2.92. The number of rotatable bonds is 4. The van der Waals surface area contributed by atoms with Crippen molar-refractivity contribution in [1.82, 2.24) is 5.32 Å². The van der Waals surface area contributed by atoms with Crippen LogP contribution in [-0.4, -0.2) is 6.04 Å². The van der Waals surface area contributed by atoms with Gasteiger partial charge in [0.05, 0.1) is 12.8 Å². The Balaban J connectivity index is 1.90. The van der Waals surface area contributed by atoms with Gasteiger partial charge in [0.1, 0.15) is 11.6 Å². The second kappa shape index (κ2) is 4.58. The fraction of sp³-hybridized carbons (Fsp3) is 0.333. The van der Waals surface area contributed by atoms with Gasteiger partial charge in [-0.3, -0.25) is 0 Å². The van der Waals surface area contributed by atoms with E-state index in [4.69, 9.17) is 4.42 Å². The zero-order valence-electron chi connectivity index (χ0n) is 10.4. The Morgan fingerprint density at radius 3 is 2.89 bits per heavy atom. The van der Waals surface area contributed by atoms with E-state index in [9.17, 15) is 4.39 Å². The van der Waals surface area contributed by atoms with E-state index in [-0.39, 0.29) is 5.82 Å². The maximum atomic E-state index is 13.9. The first-order chi connectivity index (χ1) is 8.74. The quantitative estimate of drug-likeness (QED) is 0.889. The first-order valence-electron chi connectivity index (χ1n) is 6.30. The van der Waals surface area contributed by atoms with Crippen LogP contribution in [0.15, 0.2) is 34.9 Å². The first kappa shape index (κ1) is 11.5. The summed E-state index contributed by atoms with van der Waals surface area (Å²) in [6.45, 7) is 2.63. The molecule has 1 aliphatic carbocycles. The highest BCUT2D eigenvalue weighted by Crippen LogP contribution is 2.29. The third-order valence-electron chi connectivity index (χ3n) is 3.29. The highest BCUT2D eigenvalue weighted by molar-refractivity contribution is 5.66. The van der Waals surface area contributed by atoms with Crippen LogP contribution in [0, 0.1) is 12.7 Å². The normalized spacial score (nSPS) is 15.0. The minimum absolute atomic E-state index is 0.199. The van der Waals surface area contributed by atoms with Gasteiger partial charge in [-0.2, -0.15) is 0 Å². The highest BCUT2D eigenvalue weighted by Gasteiger charge is 2.21. The molecule has 18 heavy (non-hydrogen) atoms. The van der Waals surface area contributed by atoms with Crippen molar-refractivity contribution in [3.05, 3.63) is 47.7 Å². The number of hydrogen-bond acceptors (Lipinski definition) is 2. The summed E-state index contributed by atoms with van der Waals surface area (Å²) in [6, 6.07) is 7.60. The van der Waals surface area contributed by atoms with Crippen LogP contribution in [0.2, 0.25) is 0 Å². The summed E-state index contributed by atoms with van der Waals surface area (Å²) in [6.07, 6.45) is 4.09. The average Bonchev–Trinajstić information content (AvgIpc) is 3.08. The number of furan rings is 1. The minimum Gasteiger partial charge on any atom is -0.467 e. The van der Waals surface area contributed by atoms with Crippen molar-refractivity contribution in [1.29, 1.82) is 0 Å². The molecule has 3 heteroatoms. The Hall–Kier alpha value is -1.61. The van der Waals surface area contributed by atoms with Gasteiger partial charge in [-0.1, -0.05) is 11.6 Å². The molecule has 0 amide bonds. The third-order valence-corrected chi connectivity index (χ3v) is 3.29. The van der Waals surface area contributed by atoms with Crippen molar-refractivity contribution in [3.63, 3.8) is 0 Å². The molecule has 2 aromatic rings. The summed E-state index contributed by atoms with van der Waals surface area (Å²) in [7, 11) is 0. The predicted octanol–water partition coefficient (Wildman–Crippen LogP) is 3.65. The summed E-state index contributed by atoms with van der Waals surface area (Å²) in [5, 5.41) is 3.39. The highest BCUT2D eigenvalue weighted by atomic mass is 19.1. The van der Waals surface area contributed by atoms with E-state index in [1.165, 1.54) is 18.9 Å². The van der Waals surface area contributed by atoms with Crippen LogP contribution in [0.3, 0.4) is 0 Å². The average molecular weight is 245 g/mol. The lowest BCUT2D eigenvalue weighted by molar-refractivity contribution is 0.483. The minimum atomic E-state index is -0.199. The van der Waals surface area contributed by atoms with E-state index in [1.54, 1.807) is 12.3 Å². The predicted molar refractivity (Wildman–Crippen MR) is 68.7 cm³/mol. The van der Waals surface area contributed by atoms with Crippen LogP contribution in [-0.2, 0) is 6.54 Å². The maximum Gasteiger partial charge on any atom is 0.131 e. The summed E-state index contributed by atoms with van der Waals surface area (Å²) in [4.78, 5) is 0. The van der Waals surface area contributed by atoms with Crippen molar-refractivity contribution < 1.29 is 8.81 Å². The Morgan fingerprint density at radius 1 is 1.28 bits per heavy atom. The summed E-state index contributed by atoms with van der Waals surface area (Å²) in [5.74, 6) is 0.612. The van der Waals surface area contributed by atoms with Gasteiger partial charge in [0.25, 0.3) is 0 Å². The van der Waals surface area contributed by atoms with Crippen molar-refractivity contribution in [2.75, 3.05) is 0 Å². The number of benzene rings is 1. The fourth-order valence-corrected chi connectivity index (χ4v) is 2.09. The second-order valence-electron chi connectivity index (χ2n) is 4.90. The molecule has 1 heterocycles. The maximum absolute atomic E-state index is 13.9. The molecule has 1 saturated carbocycles. The van der Waals surface area contributed by atoms with E-state index in [0.717, 1.165) is 16.9 Å². The van der Waals surface area contributed by atoms with Gasteiger partial charge in [0.2, 0.25) is 0 Å². The topological polar surface area (TPSA) is 25.2 Å². The van der Waals surface area contributed by atoms with Gasteiger partial charge < -0.3 is 9.73 Å². The monoisotopic (exact) mass is 245 g/mol. The van der Waals surface area contributed by atoms with Crippen LogP contribution < -0.4 is 5.32 Å². The molecular formula is C15H16FNO. The molecule has 0 spiro atoms. The number of hydrogen-bond donors (Lipinski definition) is 1. The molecule has 0 atom stereocenters. The molecular weight excluding hydrogens is 229 g/mol. The molecule has 0 bridgehead atoms. The summed E-state index contributed by atoms with van der Waals surface area (Å²) in [5.41, 5.74) is 2.52. The zero-order valence-corrected chi connectivity index (χ0v) is 10.4. The first-order valence-corrected chi connectivity index (χ1v) is 6.30. The van der Waals surface area contributed by atoms with Crippen molar-refractivity contribution in [2.24, 2.45) is 0 Å². The van der Waals surface area contributed by atoms with Crippen LogP contribution in [0.5, 0.6) is 0 Å². The molecule has 0 unspecified atom stereocenters. The van der Waals surface area contributed by atoms with Gasteiger partial charge in [0, 0.05) is 17.2 Å². The fourth-order valence-electron chi connectivity index (χ4n) is 2.09. The smallest absolute Gasteiger partial charge is 0.131 e. The molecule has 1 fully saturated rings. The van der Waals surface area contributed by atoms with Crippen LogP contribution in [0.4, 0.5) is 4.39 Å². The molecule has 1 aliphatic rings. The summed E-state index contributed by atoms with van der Waals surface area (Å²) >= 11 is 0. The third kappa shape index (κ3) is 2.31. The van der Waals surface area contributed by atoms with E-state index < -0.39 is 0 Å². The number of aryl methyl sites for hydroxylation is 1. The zero-order chi connectivity index (χ0) is 12.5. The lowest BCUT2D eigenvalue weighted by atomic mass is 10.0. The standard InChI is InChI=1S/C15H16FNO/c1-10-2-5-14(16)13(8-10)12-6-7-18-15(12)9-17-11-3-4-11/h2,5-8,11,17H,3-4,9H2,1H3. The second-order valence-corrected chi connectivity index (χ2v) is 4.90. The summed E-state index contributed by atoms with van der Waals surface area (Å²) < 4.78 is 19.3. The molecule has 1 N–H and O–H groups in total. The lowest BCUT2D eigenvalue weighted by Crippen LogP contribution is -2.15. The lowest BCUT2D eigenvalue weighted by Gasteiger charge is -2.06. The van der Waals surface area contributed by atoms with E-state index in [2.05, 4.69) is 5.32 Å². The Labute approximate surface area is 106 Å². The molecule has 2 nitrogen and oxygen atoms in total. The molecule has 1 aromatic heterocycles. The van der Waals surface area contributed by atoms with Gasteiger partial charge in [-0.25, -0.2) is 4.39 Å². The number of nitrogens with one attached hydrogen (secondary N) is 1. The molecule has 94 valence electrons. The molecule has 1 aromatic carbocycles. The Bertz CT molecular complexity index is 557. The molecule has 0 radical (unpaired) electrons. The number of halogens is 1. The van der Waals surface area contributed by atoms with E-state index in [1.807, 2.05) is 19.1 Å². The van der Waals surface area contributed by atoms with Crippen molar-refractivity contribution in [3.8, 4) is 11.1 Å². The van der Waals surface area contributed by atoms with Crippen molar-refractivity contribution >= 4 is 0 Å². The Morgan fingerprint density at radius 2 is 2.11 bits per heavy atom. The van der Waals surface area contributed by atoms with Gasteiger partial charge in [0.15, 0.2) is 0 Å². The van der Waals surface area contributed by atoms with E-state index in [0.29, 0.717) is 18.2 Å². The molecule has 3 rings (SSSR count). The van der Waals surface area contributed by atoms with Crippen LogP contribution >= 0.6 is 0 Å². The van der Waals surface area contributed by atoms with Gasteiger partial charge >= 0.3 is 0 Å². The van der Waals surface area contributed by atoms with Crippen LogP contribution in [0.1, 0.15) is 24.2 Å². The molecule has 0 saturated heterocycles. The van der Waals surface area contributed by atoms with Gasteiger partial charge in [-0.05, 0) is 38.0 Å². The molecule has 0 aliphatic heterocycles. The van der Waals surface area contributed by atoms with E-state index >= 15 is 0 Å². The van der Waals surface area contributed by atoms with Crippen molar-refractivity contribution in [2.45, 2.75) is 32.4 Å². The SMILES string of the molecule is Cc1ccc(F)c(-c2ccoc2CNC2CC2)c1. The van der Waals surface area contributed by atoms with Gasteiger partial charge in [-0.15, -0.1) is 0 Å². The largest absolute Gasteiger partial charge is 0.467 e.